The minimum atomic E-state index is -0.653. The van der Waals surface area contributed by atoms with E-state index in [0.717, 1.165) is 0 Å². The lowest BCUT2D eigenvalue weighted by atomic mass is 9.79. The third-order valence-corrected chi connectivity index (χ3v) is 4.64. The molecule has 1 saturated heterocycles. The first kappa shape index (κ1) is 21.5. The third-order valence-electron chi connectivity index (χ3n) is 4.64. The molecule has 1 aliphatic heterocycles. The Kier molecular flexibility index (Phi) is 7.92. The van der Waals surface area contributed by atoms with E-state index in [1.54, 1.807) is 6.92 Å². The van der Waals surface area contributed by atoms with E-state index in [0.29, 0.717) is 43.1 Å². The number of nitrogens with two attached hydrogens (primary N) is 1. The Morgan fingerprint density at radius 1 is 1.32 bits per heavy atom. The summed E-state index contributed by atoms with van der Waals surface area (Å²) in [7, 11) is 2.92. The van der Waals surface area contributed by atoms with Gasteiger partial charge in [0.1, 0.15) is 5.82 Å². The molecule has 1 amide bonds. The highest BCUT2D eigenvalue weighted by Crippen LogP contribution is 2.34. The van der Waals surface area contributed by atoms with Crippen molar-refractivity contribution in [2.45, 2.75) is 25.8 Å². The van der Waals surface area contributed by atoms with Gasteiger partial charge in [-0.3, -0.25) is 4.79 Å². The van der Waals surface area contributed by atoms with Crippen molar-refractivity contribution < 1.29 is 23.4 Å². The van der Waals surface area contributed by atoms with E-state index >= 15 is 0 Å². The van der Waals surface area contributed by atoms with E-state index < -0.39 is 17.3 Å². The van der Waals surface area contributed by atoms with Gasteiger partial charge in [0.2, 0.25) is 5.91 Å². The van der Waals surface area contributed by atoms with Crippen molar-refractivity contribution in [2.75, 3.05) is 34.0 Å². The van der Waals surface area contributed by atoms with Crippen molar-refractivity contribution >= 4 is 18.3 Å². The Labute approximate surface area is 153 Å². The maximum Gasteiger partial charge on any atom is 0.228 e. The average molecular weight is 377 g/mol. The molecule has 0 saturated carbocycles. The molecule has 8 heteroatoms. The molecule has 1 heterocycles. The summed E-state index contributed by atoms with van der Waals surface area (Å²) >= 11 is 0. The van der Waals surface area contributed by atoms with Crippen molar-refractivity contribution in [1.29, 1.82) is 0 Å². The van der Waals surface area contributed by atoms with Crippen LogP contribution in [0.15, 0.2) is 12.1 Å². The Bertz CT molecular complexity index is 594. The van der Waals surface area contributed by atoms with Crippen molar-refractivity contribution in [2.24, 2.45) is 11.1 Å². The highest BCUT2D eigenvalue weighted by Gasteiger charge is 2.39. The Morgan fingerprint density at radius 3 is 2.40 bits per heavy atom. The second kappa shape index (κ2) is 9.22. The van der Waals surface area contributed by atoms with Gasteiger partial charge in [-0.1, -0.05) is 0 Å². The van der Waals surface area contributed by atoms with Crippen LogP contribution >= 0.6 is 12.4 Å². The minimum absolute atomic E-state index is 0. The van der Waals surface area contributed by atoms with Crippen LogP contribution < -0.4 is 20.5 Å². The van der Waals surface area contributed by atoms with Gasteiger partial charge in [-0.2, -0.15) is 0 Å². The molecule has 0 bridgehead atoms. The van der Waals surface area contributed by atoms with Gasteiger partial charge in [0.25, 0.3) is 0 Å². The fraction of sp³-hybridized carbons (Fsp3) is 0.588. The lowest BCUT2D eigenvalue weighted by molar-refractivity contribution is -0.136. The van der Waals surface area contributed by atoms with Crippen LogP contribution in [0.5, 0.6) is 11.5 Å². The molecule has 6 nitrogen and oxygen atoms in total. The van der Waals surface area contributed by atoms with Gasteiger partial charge in [-0.25, -0.2) is 4.39 Å². The van der Waals surface area contributed by atoms with Gasteiger partial charge in [0, 0.05) is 31.4 Å². The summed E-state index contributed by atoms with van der Waals surface area (Å²) in [4.78, 5) is 12.7. The van der Waals surface area contributed by atoms with Crippen LogP contribution in [-0.2, 0) is 9.53 Å². The number of hydrogen-bond acceptors (Lipinski definition) is 5. The lowest BCUT2D eigenvalue weighted by Gasteiger charge is -2.35. The normalized spacial score (nSPS) is 17.2. The predicted molar refractivity (Wildman–Crippen MR) is 94.9 cm³/mol. The van der Waals surface area contributed by atoms with Crippen LogP contribution in [0, 0.1) is 11.2 Å². The van der Waals surface area contributed by atoms with Crippen molar-refractivity contribution in [3.8, 4) is 11.5 Å². The zero-order chi connectivity index (χ0) is 17.7. The zero-order valence-electron chi connectivity index (χ0n) is 14.8. The Hall–Kier alpha value is -1.57. The number of rotatable bonds is 6. The Balaban J connectivity index is 0.00000312. The molecule has 142 valence electrons. The second-order valence-electron chi connectivity index (χ2n) is 6.02. The number of carbonyl (C=O) groups excluding carboxylic acids is 1. The highest BCUT2D eigenvalue weighted by atomic mass is 35.5. The number of carbonyl (C=O) groups is 1. The van der Waals surface area contributed by atoms with Crippen molar-refractivity contribution in [3.63, 3.8) is 0 Å². The summed E-state index contributed by atoms with van der Waals surface area (Å²) < 4.78 is 29.9. The number of benzene rings is 1. The number of ether oxygens (including phenoxy) is 3. The van der Waals surface area contributed by atoms with Gasteiger partial charge in [0.05, 0.1) is 25.7 Å². The fourth-order valence-corrected chi connectivity index (χ4v) is 2.92. The summed E-state index contributed by atoms with van der Waals surface area (Å²) in [6.45, 7) is 2.97. The van der Waals surface area contributed by atoms with Crippen LogP contribution in [0.4, 0.5) is 4.39 Å². The van der Waals surface area contributed by atoms with Crippen LogP contribution in [0.1, 0.15) is 31.4 Å². The summed E-state index contributed by atoms with van der Waals surface area (Å²) in [6.07, 6.45) is 1.13. The predicted octanol–water partition coefficient (Wildman–Crippen LogP) is 2.20. The van der Waals surface area contributed by atoms with E-state index in [-0.39, 0.29) is 24.9 Å². The molecule has 1 aromatic carbocycles. The molecule has 1 fully saturated rings. The molecule has 3 N–H and O–H groups in total. The van der Waals surface area contributed by atoms with E-state index in [1.807, 2.05) is 0 Å². The molecule has 1 aromatic rings. The average Bonchev–Trinajstić information content (AvgIpc) is 2.61. The lowest BCUT2D eigenvalue weighted by Crippen LogP contribution is -2.49. The van der Waals surface area contributed by atoms with E-state index in [1.165, 1.54) is 26.4 Å². The first-order chi connectivity index (χ1) is 11.5. The van der Waals surface area contributed by atoms with E-state index in [4.69, 9.17) is 19.9 Å². The molecule has 0 spiro atoms. The molecule has 1 atom stereocenters. The molecule has 25 heavy (non-hydrogen) atoms. The maximum absolute atomic E-state index is 14.3. The quantitative estimate of drug-likeness (QED) is 0.795. The summed E-state index contributed by atoms with van der Waals surface area (Å²) in [5.74, 6) is 0.0824. The molecule has 2 rings (SSSR count). The monoisotopic (exact) mass is 376 g/mol. The van der Waals surface area contributed by atoms with Gasteiger partial charge in [-0.05, 0) is 25.8 Å². The minimum Gasteiger partial charge on any atom is -0.493 e. The number of halogens is 2. The molecule has 0 radical (unpaired) electrons. The summed E-state index contributed by atoms with van der Waals surface area (Å²) in [5, 5.41) is 2.88. The third kappa shape index (κ3) is 4.54. The smallest absolute Gasteiger partial charge is 0.228 e. The Morgan fingerprint density at radius 2 is 1.88 bits per heavy atom. The maximum atomic E-state index is 14.3. The van der Waals surface area contributed by atoms with Gasteiger partial charge in [-0.15, -0.1) is 12.4 Å². The van der Waals surface area contributed by atoms with Crippen LogP contribution in [0.2, 0.25) is 0 Å². The van der Waals surface area contributed by atoms with Crippen LogP contribution in [-0.4, -0.2) is 39.9 Å². The molecular weight excluding hydrogens is 351 g/mol. The molecule has 0 aromatic heterocycles. The highest BCUT2D eigenvalue weighted by molar-refractivity contribution is 5.85. The molecule has 1 unspecified atom stereocenters. The van der Waals surface area contributed by atoms with Crippen molar-refractivity contribution in [1.82, 2.24) is 5.32 Å². The number of hydrogen-bond donors (Lipinski definition) is 2. The molecule has 1 aliphatic rings. The van der Waals surface area contributed by atoms with Gasteiger partial charge in [0.15, 0.2) is 11.5 Å². The number of amides is 1. The SMILES string of the molecule is COc1cc(F)c(C(C)NC(=O)C2(CN)CCOCC2)cc1OC.Cl. The van der Waals surface area contributed by atoms with Crippen LogP contribution in [0.3, 0.4) is 0 Å². The largest absolute Gasteiger partial charge is 0.493 e. The van der Waals surface area contributed by atoms with Gasteiger partial charge >= 0.3 is 0 Å². The first-order valence-corrected chi connectivity index (χ1v) is 7.97. The number of nitrogens with one attached hydrogen (secondary N) is 1. The van der Waals surface area contributed by atoms with E-state index in [2.05, 4.69) is 5.32 Å². The van der Waals surface area contributed by atoms with Crippen molar-refractivity contribution in [3.05, 3.63) is 23.5 Å². The topological polar surface area (TPSA) is 82.8 Å². The fourth-order valence-electron chi connectivity index (χ4n) is 2.92. The summed E-state index contributed by atoms with van der Waals surface area (Å²) in [6, 6.07) is 2.27. The second-order valence-corrected chi connectivity index (χ2v) is 6.02. The standard InChI is InChI=1S/C17H25FN2O4.ClH/c1-11(12-8-14(22-2)15(23-3)9-13(12)18)20-16(21)17(10-19)4-6-24-7-5-17;/h8-9,11H,4-7,10,19H2,1-3H3,(H,20,21);1H. The zero-order valence-corrected chi connectivity index (χ0v) is 15.6. The number of methoxy groups -OCH3 is 2. The van der Waals surface area contributed by atoms with E-state index in [9.17, 15) is 9.18 Å². The van der Waals surface area contributed by atoms with Gasteiger partial charge < -0.3 is 25.3 Å². The van der Waals surface area contributed by atoms with Crippen LogP contribution in [0.25, 0.3) is 0 Å². The molecular formula is C17H26ClFN2O4. The molecule has 0 aliphatic carbocycles. The first-order valence-electron chi connectivity index (χ1n) is 7.97. The summed E-state index contributed by atoms with van der Waals surface area (Å²) in [5.41, 5.74) is 5.52.